The van der Waals surface area contributed by atoms with Gasteiger partial charge in [-0.25, -0.2) is 0 Å². The van der Waals surface area contributed by atoms with Gasteiger partial charge in [0.25, 0.3) is 0 Å². The third kappa shape index (κ3) is 3.73. The van der Waals surface area contributed by atoms with Crippen LogP contribution in [0.3, 0.4) is 0 Å². The fraction of sp³-hybridized carbons (Fsp3) is 0.562. The Morgan fingerprint density at radius 3 is 2.70 bits per heavy atom. The Bertz CT molecular complexity index is 442. The predicted octanol–water partition coefficient (Wildman–Crippen LogP) is 2.45. The van der Waals surface area contributed by atoms with Gasteiger partial charge in [0.05, 0.1) is 0 Å². The number of hydrogen-bond acceptors (Lipinski definition) is 3. The van der Waals surface area contributed by atoms with Gasteiger partial charge in [0.15, 0.2) is 0 Å². The number of hydrogen-bond donors (Lipinski definition) is 2. The van der Waals surface area contributed by atoms with E-state index < -0.39 is 0 Å². The van der Waals surface area contributed by atoms with Crippen molar-refractivity contribution < 1.29 is 9.90 Å². The number of likely N-dealkylation sites (tertiary alicyclic amines) is 1. The van der Waals surface area contributed by atoms with Gasteiger partial charge in [0.2, 0.25) is 5.91 Å². The number of rotatable bonds is 6. The number of benzene rings is 1. The lowest BCUT2D eigenvalue weighted by Crippen LogP contribution is -2.31. The van der Waals surface area contributed by atoms with Gasteiger partial charge in [-0.2, -0.15) is 0 Å². The first kappa shape index (κ1) is 14.9. The summed E-state index contributed by atoms with van der Waals surface area (Å²) >= 11 is 0. The van der Waals surface area contributed by atoms with Gasteiger partial charge in [-0.05, 0) is 25.3 Å². The summed E-state index contributed by atoms with van der Waals surface area (Å²) in [7, 11) is 0. The quantitative estimate of drug-likeness (QED) is 0.839. The van der Waals surface area contributed by atoms with Crippen LogP contribution in [-0.4, -0.2) is 35.5 Å². The summed E-state index contributed by atoms with van der Waals surface area (Å²) in [6.45, 7) is 4.56. The fourth-order valence-electron chi connectivity index (χ4n) is 2.73. The first-order valence-electron chi connectivity index (χ1n) is 7.51. The molecule has 1 aromatic carbocycles. The van der Waals surface area contributed by atoms with Gasteiger partial charge < -0.3 is 15.3 Å². The second-order valence-corrected chi connectivity index (χ2v) is 5.31. The van der Waals surface area contributed by atoms with Crippen LogP contribution in [0.25, 0.3) is 0 Å². The molecule has 1 saturated heterocycles. The average molecular weight is 276 g/mol. The van der Waals surface area contributed by atoms with Crippen LogP contribution in [0.4, 0.5) is 0 Å². The van der Waals surface area contributed by atoms with E-state index in [9.17, 15) is 9.90 Å². The lowest BCUT2D eigenvalue weighted by Gasteiger charge is -2.20. The van der Waals surface area contributed by atoms with E-state index in [4.69, 9.17) is 0 Å². The van der Waals surface area contributed by atoms with E-state index in [1.807, 2.05) is 23.1 Å². The summed E-state index contributed by atoms with van der Waals surface area (Å²) in [6, 6.07) is 7.48. The topological polar surface area (TPSA) is 52.6 Å². The van der Waals surface area contributed by atoms with E-state index in [0.29, 0.717) is 18.7 Å². The maximum Gasteiger partial charge on any atom is 0.223 e. The van der Waals surface area contributed by atoms with Gasteiger partial charge >= 0.3 is 0 Å². The lowest BCUT2D eigenvalue weighted by atomic mass is 10.0. The molecule has 1 aliphatic rings. The van der Waals surface area contributed by atoms with Crippen LogP contribution in [0.15, 0.2) is 24.3 Å². The molecule has 1 aromatic rings. The summed E-state index contributed by atoms with van der Waals surface area (Å²) in [5.74, 6) is 0.555. The first-order chi connectivity index (χ1) is 9.72. The average Bonchev–Trinajstić information content (AvgIpc) is 2.99. The van der Waals surface area contributed by atoms with E-state index >= 15 is 0 Å². The fourth-order valence-corrected chi connectivity index (χ4v) is 2.73. The number of nitrogens with zero attached hydrogens (tertiary/aromatic N) is 1. The summed E-state index contributed by atoms with van der Waals surface area (Å²) in [5, 5.41) is 13.3. The molecule has 0 aliphatic carbocycles. The second kappa shape index (κ2) is 7.29. The molecule has 0 spiro atoms. The van der Waals surface area contributed by atoms with Crippen LogP contribution in [0.2, 0.25) is 0 Å². The Morgan fingerprint density at radius 1 is 1.35 bits per heavy atom. The number of phenols is 1. The molecule has 20 heavy (non-hydrogen) atoms. The molecule has 1 amide bonds. The molecule has 2 N–H and O–H groups in total. The Kier molecular flexibility index (Phi) is 5.41. The summed E-state index contributed by atoms with van der Waals surface area (Å²) in [4.78, 5) is 13.9. The molecule has 0 bridgehead atoms. The van der Waals surface area contributed by atoms with Crippen molar-refractivity contribution in [1.29, 1.82) is 0 Å². The molecule has 110 valence electrons. The van der Waals surface area contributed by atoms with Gasteiger partial charge in [-0.1, -0.05) is 25.1 Å². The number of aromatic hydroxyl groups is 1. The molecule has 0 radical (unpaired) electrons. The number of carbonyl (C=O) groups excluding carboxylic acids is 1. The number of para-hydroxylation sites is 1. The van der Waals surface area contributed by atoms with Crippen molar-refractivity contribution in [2.24, 2.45) is 0 Å². The van der Waals surface area contributed by atoms with E-state index in [1.54, 1.807) is 6.07 Å². The van der Waals surface area contributed by atoms with Crippen molar-refractivity contribution in [1.82, 2.24) is 10.2 Å². The smallest absolute Gasteiger partial charge is 0.223 e. The third-order valence-electron chi connectivity index (χ3n) is 3.91. The molecule has 1 atom stereocenters. The maximum atomic E-state index is 12.0. The predicted molar refractivity (Wildman–Crippen MR) is 79.6 cm³/mol. The highest BCUT2D eigenvalue weighted by molar-refractivity contribution is 5.76. The van der Waals surface area contributed by atoms with Crippen molar-refractivity contribution in [3.8, 4) is 5.75 Å². The number of phenolic OH excluding ortho intramolecular Hbond substituents is 1. The van der Waals surface area contributed by atoms with Crippen LogP contribution in [-0.2, 0) is 4.79 Å². The third-order valence-corrected chi connectivity index (χ3v) is 3.91. The largest absolute Gasteiger partial charge is 0.508 e. The Morgan fingerprint density at radius 2 is 2.05 bits per heavy atom. The highest BCUT2D eigenvalue weighted by Gasteiger charge is 2.18. The van der Waals surface area contributed by atoms with Gasteiger partial charge in [0, 0.05) is 37.7 Å². The van der Waals surface area contributed by atoms with E-state index in [1.165, 1.54) is 0 Å². The Labute approximate surface area is 120 Å². The lowest BCUT2D eigenvalue weighted by molar-refractivity contribution is -0.130. The van der Waals surface area contributed by atoms with Gasteiger partial charge in [0.1, 0.15) is 5.75 Å². The molecule has 1 aliphatic heterocycles. The molecule has 0 saturated carbocycles. The summed E-state index contributed by atoms with van der Waals surface area (Å²) in [5.41, 5.74) is 0.906. The van der Waals surface area contributed by atoms with Crippen molar-refractivity contribution in [3.63, 3.8) is 0 Å². The molecule has 0 aromatic heterocycles. The standard InChI is InChI=1S/C16H24N2O2/c1-2-14(13-7-3-4-8-15(13)19)17-10-9-16(20)18-11-5-6-12-18/h3-4,7-8,14,17,19H,2,5-6,9-12H2,1H3. The normalized spacial score (nSPS) is 16.4. The maximum absolute atomic E-state index is 12.0. The van der Waals surface area contributed by atoms with Crippen molar-refractivity contribution in [2.75, 3.05) is 19.6 Å². The number of nitrogens with one attached hydrogen (secondary N) is 1. The SMILES string of the molecule is CCC(NCCC(=O)N1CCCC1)c1ccccc1O. The van der Waals surface area contributed by atoms with Gasteiger partial charge in [-0.3, -0.25) is 4.79 Å². The minimum atomic E-state index is 0.0996. The van der Waals surface area contributed by atoms with Crippen molar-refractivity contribution in [2.45, 2.75) is 38.6 Å². The van der Waals surface area contributed by atoms with Crippen LogP contribution in [0.1, 0.15) is 44.2 Å². The minimum absolute atomic E-state index is 0.0996. The van der Waals surface area contributed by atoms with Crippen LogP contribution in [0.5, 0.6) is 5.75 Å². The van der Waals surface area contributed by atoms with E-state index in [0.717, 1.165) is 37.9 Å². The number of amides is 1. The summed E-state index contributed by atoms with van der Waals surface area (Å²) < 4.78 is 0. The zero-order valence-corrected chi connectivity index (χ0v) is 12.1. The second-order valence-electron chi connectivity index (χ2n) is 5.31. The molecule has 1 fully saturated rings. The molecule has 1 unspecified atom stereocenters. The van der Waals surface area contributed by atoms with Crippen molar-refractivity contribution in [3.05, 3.63) is 29.8 Å². The molecule has 4 heteroatoms. The highest BCUT2D eigenvalue weighted by Crippen LogP contribution is 2.25. The molecule has 1 heterocycles. The zero-order chi connectivity index (χ0) is 14.4. The molecular formula is C16H24N2O2. The monoisotopic (exact) mass is 276 g/mol. The van der Waals surface area contributed by atoms with Gasteiger partial charge in [-0.15, -0.1) is 0 Å². The van der Waals surface area contributed by atoms with Crippen LogP contribution in [0, 0.1) is 0 Å². The molecule has 2 rings (SSSR count). The first-order valence-corrected chi connectivity index (χ1v) is 7.51. The number of carbonyl (C=O) groups is 1. The zero-order valence-electron chi connectivity index (χ0n) is 12.1. The Hall–Kier alpha value is -1.55. The van der Waals surface area contributed by atoms with Crippen LogP contribution >= 0.6 is 0 Å². The minimum Gasteiger partial charge on any atom is -0.508 e. The van der Waals surface area contributed by atoms with Crippen molar-refractivity contribution >= 4 is 5.91 Å². The molecular weight excluding hydrogens is 252 g/mol. The molecule has 4 nitrogen and oxygen atoms in total. The van der Waals surface area contributed by atoms with E-state index in [2.05, 4.69) is 12.2 Å². The highest BCUT2D eigenvalue weighted by atomic mass is 16.3. The van der Waals surface area contributed by atoms with Crippen LogP contribution < -0.4 is 5.32 Å². The van der Waals surface area contributed by atoms with E-state index in [-0.39, 0.29) is 11.9 Å². The summed E-state index contributed by atoms with van der Waals surface area (Å²) in [6.07, 6.45) is 3.68. The Balaban J connectivity index is 1.82.